The number of hydrogen-bond donors (Lipinski definition) is 0. The van der Waals surface area contributed by atoms with E-state index in [0.29, 0.717) is 11.4 Å². The van der Waals surface area contributed by atoms with Crippen LogP contribution in [-0.4, -0.2) is 15.7 Å². The number of ether oxygens (including phenoxy) is 1. The van der Waals surface area contributed by atoms with Gasteiger partial charge >= 0.3 is 5.97 Å². The van der Waals surface area contributed by atoms with Crippen molar-refractivity contribution in [3.63, 3.8) is 0 Å². The topological polar surface area (TPSA) is 44.1 Å². The summed E-state index contributed by atoms with van der Waals surface area (Å²) in [5.74, 6) is -0.456. The number of rotatable bonds is 5. The number of nitrogens with zero attached hydrogens (tertiary/aromatic N) is 2. The van der Waals surface area contributed by atoms with E-state index >= 15 is 0 Å². The lowest BCUT2D eigenvalue weighted by Gasteiger charge is -2.08. The van der Waals surface area contributed by atoms with E-state index < -0.39 is 5.97 Å². The third-order valence-corrected chi connectivity index (χ3v) is 4.23. The van der Waals surface area contributed by atoms with Crippen molar-refractivity contribution in [1.29, 1.82) is 0 Å². The molecule has 4 rings (SSSR count). The Morgan fingerprint density at radius 2 is 1.54 bits per heavy atom. The molecular weight excluding hydrogens is 355 g/mol. The lowest BCUT2D eigenvalue weighted by molar-refractivity contribution is -0.134. The first-order valence-electron chi connectivity index (χ1n) is 8.85. The fourth-order valence-corrected chi connectivity index (χ4v) is 2.87. The maximum atomic E-state index is 13.3. The van der Waals surface area contributed by atoms with Crippen LogP contribution in [0, 0.1) is 5.82 Å². The third-order valence-electron chi connectivity index (χ3n) is 4.23. The van der Waals surface area contributed by atoms with E-state index in [1.807, 2.05) is 60.7 Å². The molecule has 0 atom stereocenters. The second kappa shape index (κ2) is 7.88. The predicted molar refractivity (Wildman–Crippen MR) is 105 cm³/mol. The first-order chi connectivity index (χ1) is 13.7. The van der Waals surface area contributed by atoms with Crippen LogP contribution in [0.25, 0.3) is 16.9 Å². The van der Waals surface area contributed by atoms with E-state index in [9.17, 15) is 9.18 Å². The Balaban J connectivity index is 1.67. The van der Waals surface area contributed by atoms with Crippen molar-refractivity contribution in [2.45, 2.75) is 6.42 Å². The highest BCUT2D eigenvalue weighted by molar-refractivity contribution is 5.75. The van der Waals surface area contributed by atoms with Crippen LogP contribution >= 0.6 is 0 Å². The molecule has 5 heteroatoms. The summed E-state index contributed by atoms with van der Waals surface area (Å²) in [5.41, 5.74) is 3.02. The van der Waals surface area contributed by atoms with Crippen molar-refractivity contribution in [3.05, 3.63) is 102 Å². The van der Waals surface area contributed by atoms with Gasteiger partial charge in [0.15, 0.2) is 0 Å². The van der Waals surface area contributed by atoms with E-state index in [4.69, 9.17) is 4.74 Å². The van der Waals surface area contributed by atoms with Crippen LogP contribution in [0.2, 0.25) is 0 Å². The smallest absolute Gasteiger partial charge is 0.316 e. The normalized spacial score (nSPS) is 10.6. The van der Waals surface area contributed by atoms with Gasteiger partial charge in [0.2, 0.25) is 5.88 Å². The molecule has 1 aromatic heterocycles. The molecule has 0 aliphatic heterocycles. The van der Waals surface area contributed by atoms with E-state index in [-0.39, 0.29) is 18.1 Å². The van der Waals surface area contributed by atoms with Crippen molar-refractivity contribution in [2.24, 2.45) is 0 Å². The molecule has 0 radical (unpaired) electrons. The van der Waals surface area contributed by atoms with Gasteiger partial charge in [0.05, 0.1) is 17.8 Å². The molecule has 0 aliphatic rings. The molecule has 0 aliphatic carbocycles. The van der Waals surface area contributed by atoms with Gasteiger partial charge in [-0.15, -0.1) is 0 Å². The quantitative estimate of drug-likeness (QED) is 0.472. The average Bonchev–Trinajstić information content (AvgIpc) is 3.13. The van der Waals surface area contributed by atoms with Crippen molar-refractivity contribution >= 4 is 5.97 Å². The Kier molecular flexibility index (Phi) is 4.97. The number of halogens is 1. The van der Waals surface area contributed by atoms with E-state index in [1.54, 1.807) is 18.2 Å². The molecular formula is C23H17FN2O2. The molecule has 28 heavy (non-hydrogen) atoms. The van der Waals surface area contributed by atoms with E-state index in [2.05, 4.69) is 5.10 Å². The van der Waals surface area contributed by atoms with Crippen LogP contribution in [-0.2, 0) is 11.2 Å². The van der Waals surface area contributed by atoms with Gasteiger partial charge in [-0.1, -0.05) is 60.7 Å². The maximum Gasteiger partial charge on any atom is 0.316 e. The standard InChI is InChI=1S/C23H17FN2O2/c24-19-11-13-20(14-12-19)26-22(16-21(25-26)18-9-5-2-6-10-18)28-23(27)15-17-7-3-1-4-8-17/h1-14,16H,15H2. The number of benzene rings is 3. The lowest BCUT2D eigenvalue weighted by Crippen LogP contribution is -2.13. The monoisotopic (exact) mass is 372 g/mol. The highest BCUT2D eigenvalue weighted by atomic mass is 19.1. The summed E-state index contributed by atoms with van der Waals surface area (Å²) >= 11 is 0. The van der Waals surface area contributed by atoms with Crippen LogP contribution in [0.1, 0.15) is 5.56 Å². The molecule has 4 nitrogen and oxygen atoms in total. The minimum atomic E-state index is -0.394. The van der Waals surface area contributed by atoms with Crippen molar-refractivity contribution in [1.82, 2.24) is 9.78 Å². The number of hydrogen-bond acceptors (Lipinski definition) is 3. The summed E-state index contributed by atoms with van der Waals surface area (Å²) < 4.78 is 20.4. The molecule has 1 heterocycles. The summed E-state index contributed by atoms with van der Waals surface area (Å²) in [5, 5.41) is 4.56. The zero-order chi connectivity index (χ0) is 19.3. The van der Waals surface area contributed by atoms with Gasteiger partial charge in [-0.2, -0.15) is 5.10 Å². The van der Waals surface area contributed by atoms with Crippen LogP contribution in [0.15, 0.2) is 91.0 Å². The Bertz CT molecular complexity index is 1070. The van der Waals surface area contributed by atoms with E-state index in [1.165, 1.54) is 16.8 Å². The SMILES string of the molecule is O=C(Cc1ccccc1)Oc1cc(-c2ccccc2)nn1-c1ccc(F)cc1. The molecule has 0 spiro atoms. The maximum absolute atomic E-state index is 13.3. The van der Waals surface area contributed by atoms with Gasteiger partial charge in [0, 0.05) is 11.6 Å². The Morgan fingerprint density at radius 3 is 2.21 bits per heavy atom. The molecule has 3 aromatic carbocycles. The summed E-state index contributed by atoms with van der Waals surface area (Å²) in [6.07, 6.45) is 0.149. The summed E-state index contributed by atoms with van der Waals surface area (Å²) in [7, 11) is 0. The predicted octanol–water partition coefficient (Wildman–Crippen LogP) is 4.83. The number of carbonyl (C=O) groups excluding carboxylic acids is 1. The number of aromatic nitrogens is 2. The zero-order valence-electron chi connectivity index (χ0n) is 15.0. The molecule has 0 fully saturated rings. The second-order valence-corrected chi connectivity index (χ2v) is 6.26. The van der Waals surface area contributed by atoms with Crippen molar-refractivity contribution in [3.8, 4) is 22.8 Å². The van der Waals surface area contributed by atoms with Gasteiger partial charge in [0.1, 0.15) is 5.82 Å². The lowest BCUT2D eigenvalue weighted by atomic mass is 10.1. The molecule has 0 saturated heterocycles. The van der Waals surface area contributed by atoms with Gasteiger partial charge in [0.25, 0.3) is 0 Å². The number of esters is 1. The molecule has 0 saturated carbocycles. The summed E-state index contributed by atoms with van der Waals surface area (Å²) in [4.78, 5) is 12.4. The van der Waals surface area contributed by atoms with Crippen LogP contribution in [0.3, 0.4) is 0 Å². The average molecular weight is 372 g/mol. The minimum Gasteiger partial charge on any atom is -0.407 e. The highest BCUT2D eigenvalue weighted by Crippen LogP contribution is 2.26. The zero-order valence-corrected chi connectivity index (χ0v) is 15.0. The molecule has 0 amide bonds. The van der Waals surface area contributed by atoms with Crippen LogP contribution in [0.5, 0.6) is 5.88 Å². The highest BCUT2D eigenvalue weighted by Gasteiger charge is 2.16. The van der Waals surface area contributed by atoms with Crippen LogP contribution in [0.4, 0.5) is 4.39 Å². The Labute approximate surface area is 161 Å². The first-order valence-corrected chi connectivity index (χ1v) is 8.85. The first kappa shape index (κ1) is 17.7. The molecule has 138 valence electrons. The van der Waals surface area contributed by atoms with Crippen LogP contribution < -0.4 is 4.74 Å². The summed E-state index contributed by atoms with van der Waals surface area (Å²) in [6.45, 7) is 0. The Hall–Kier alpha value is -3.73. The molecule has 0 bridgehead atoms. The van der Waals surface area contributed by atoms with Gasteiger partial charge in [-0.3, -0.25) is 4.79 Å². The molecule has 0 unspecified atom stereocenters. The molecule has 4 aromatic rings. The second-order valence-electron chi connectivity index (χ2n) is 6.26. The summed E-state index contributed by atoms with van der Waals surface area (Å²) in [6, 6.07) is 26.5. The van der Waals surface area contributed by atoms with Crippen molar-refractivity contribution < 1.29 is 13.9 Å². The van der Waals surface area contributed by atoms with Gasteiger partial charge < -0.3 is 4.74 Å². The van der Waals surface area contributed by atoms with Gasteiger partial charge in [-0.05, 0) is 29.8 Å². The fraction of sp³-hybridized carbons (Fsp3) is 0.0435. The Morgan fingerprint density at radius 1 is 0.893 bits per heavy atom. The largest absolute Gasteiger partial charge is 0.407 e. The van der Waals surface area contributed by atoms with Crippen molar-refractivity contribution in [2.75, 3.05) is 0 Å². The minimum absolute atomic E-state index is 0.149. The van der Waals surface area contributed by atoms with Gasteiger partial charge in [-0.25, -0.2) is 9.07 Å². The van der Waals surface area contributed by atoms with E-state index in [0.717, 1.165) is 11.1 Å². The third kappa shape index (κ3) is 3.99. The fourth-order valence-electron chi connectivity index (χ4n) is 2.87. The molecule has 0 N–H and O–H groups in total. The number of carbonyl (C=O) groups is 1.